The first kappa shape index (κ1) is 22.6. The van der Waals surface area contributed by atoms with E-state index in [0.717, 1.165) is 10.1 Å². The number of nitro groups is 1. The Morgan fingerprint density at radius 1 is 1.21 bits per heavy atom. The Balaban J connectivity index is 2.43. The van der Waals surface area contributed by atoms with Gasteiger partial charge >= 0.3 is 17.2 Å². The molecular formula is C20H26N2O6S. The minimum Gasteiger partial charge on any atom is -0.465 e. The van der Waals surface area contributed by atoms with Crippen molar-refractivity contribution in [2.24, 2.45) is 0 Å². The molecule has 1 aromatic carbocycles. The Kier molecular flexibility index (Phi) is 7.58. The molecule has 1 unspecified atom stereocenters. The molecule has 0 radical (unpaired) electrons. The summed E-state index contributed by atoms with van der Waals surface area (Å²) >= 11 is 0. The lowest BCUT2D eigenvalue weighted by atomic mass is 10.0. The molecule has 1 aromatic heterocycles. The number of hydrogen-bond acceptors (Lipinski definition) is 6. The van der Waals surface area contributed by atoms with Crippen LogP contribution in [0.5, 0.6) is 0 Å². The number of nitrogens with zero attached hydrogens (tertiary/aromatic N) is 2. The van der Waals surface area contributed by atoms with Gasteiger partial charge in [0, 0.05) is 18.2 Å². The van der Waals surface area contributed by atoms with Crippen LogP contribution in [-0.4, -0.2) is 40.8 Å². The van der Waals surface area contributed by atoms with E-state index in [4.69, 9.17) is 8.92 Å². The minimum absolute atomic E-state index is 0.166. The number of ether oxygens (including phenoxy) is 1. The van der Waals surface area contributed by atoms with E-state index < -0.39 is 38.6 Å². The highest BCUT2D eigenvalue weighted by atomic mass is 32.3. The van der Waals surface area contributed by atoms with Gasteiger partial charge in [0.15, 0.2) is 0 Å². The van der Waals surface area contributed by atoms with Crippen LogP contribution >= 0.6 is 10.3 Å². The molecule has 1 atom stereocenters. The van der Waals surface area contributed by atoms with Gasteiger partial charge in [-0.25, -0.2) is 0 Å². The number of rotatable bonds is 9. The molecule has 0 aliphatic heterocycles. The molecule has 0 amide bonds. The van der Waals surface area contributed by atoms with Crippen LogP contribution in [0.25, 0.3) is 0 Å². The maximum Gasteiger partial charge on any atom is 0.337 e. The lowest BCUT2D eigenvalue weighted by Gasteiger charge is -2.32. The number of benzene rings is 1. The minimum atomic E-state index is -1.38. The van der Waals surface area contributed by atoms with E-state index in [2.05, 4.69) is 0 Å². The molecule has 8 nitrogen and oxygen atoms in total. The lowest BCUT2D eigenvalue weighted by molar-refractivity contribution is -0.387. The van der Waals surface area contributed by atoms with Gasteiger partial charge in [-0.2, -0.15) is 0 Å². The van der Waals surface area contributed by atoms with Crippen LogP contribution in [-0.2, 0) is 26.7 Å². The molecule has 1 heterocycles. The van der Waals surface area contributed by atoms with Gasteiger partial charge in [-0.1, -0.05) is 30.3 Å². The lowest BCUT2D eigenvalue weighted by Crippen LogP contribution is -2.28. The molecular weight excluding hydrogens is 396 g/mol. The van der Waals surface area contributed by atoms with Gasteiger partial charge in [-0.3, -0.25) is 24.3 Å². The number of carbonyl (C=O) groups excluding carboxylic acids is 1. The fourth-order valence-corrected chi connectivity index (χ4v) is 3.73. The van der Waals surface area contributed by atoms with Crippen molar-refractivity contribution in [3.63, 3.8) is 0 Å². The first-order valence-corrected chi connectivity index (χ1v) is 11.8. The highest BCUT2D eigenvalue weighted by Crippen LogP contribution is 2.43. The van der Waals surface area contributed by atoms with Crippen molar-refractivity contribution in [3.05, 3.63) is 74.2 Å². The van der Waals surface area contributed by atoms with Gasteiger partial charge in [-0.15, -0.1) is 10.3 Å². The first-order chi connectivity index (χ1) is 13.6. The molecule has 0 saturated heterocycles. The zero-order valence-electron chi connectivity index (χ0n) is 17.0. The Morgan fingerprint density at radius 2 is 1.86 bits per heavy atom. The number of hydrogen-bond donors (Lipinski definition) is 0. The van der Waals surface area contributed by atoms with E-state index in [0.29, 0.717) is 0 Å². The standard InChI is InChI=1S/C20H26N2O6S/c1-5-27-18(23)14-21-12-11-16(19(20(21)24)22(25)26)13-17(28-29(2,3)4)15-9-7-6-8-10-15/h6-12,17H,5,13-14H2,1-4H3. The zero-order chi connectivity index (χ0) is 21.6. The van der Waals surface area contributed by atoms with E-state index in [1.807, 2.05) is 49.1 Å². The second-order valence-corrected chi connectivity index (χ2v) is 10.8. The van der Waals surface area contributed by atoms with Crippen molar-refractivity contribution in [1.29, 1.82) is 0 Å². The summed E-state index contributed by atoms with van der Waals surface area (Å²) in [4.78, 5) is 35.3. The van der Waals surface area contributed by atoms with Crippen molar-refractivity contribution < 1.29 is 18.6 Å². The Morgan fingerprint density at radius 3 is 2.41 bits per heavy atom. The van der Waals surface area contributed by atoms with Crippen LogP contribution in [0.15, 0.2) is 47.4 Å². The third-order valence-electron chi connectivity index (χ3n) is 3.99. The van der Waals surface area contributed by atoms with Crippen molar-refractivity contribution in [2.45, 2.75) is 26.0 Å². The second kappa shape index (κ2) is 9.71. The number of pyridine rings is 1. The molecule has 0 bridgehead atoms. The van der Waals surface area contributed by atoms with Crippen LogP contribution in [0.2, 0.25) is 0 Å². The molecule has 0 fully saturated rings. The second-order valence-electron chi connectivity index (χ2n) is 7.11. The topological polar surface area (TPSA) is 101 Å². The SMILES string of the molecule is CCOC(=O)Cn1ccc(CC(OS(C)(C)C)c2ccccc2)c([N+](=O)[O-])c1=O. The van der Waals surface area contributed by atoms with E-state index >= 15 is 0 Å². The van der Waals surface area contributed by atoms with E-state index in [1.165, 1.54) is 12.3 Å². The van der Waals surface area contributed by atoms with Crippen molar-refractivity contribution in [3.8, 4) is 0 Å². The van der Waals surface area contributed by atoms with Crippen molar-refractivity contribution in [2.75, 3.05) is 25.4 Å². The molecule has 0 aliphatic carbocycles. The molecule has 0 aliphatic rings. The molecule has 0 N–H and O–H groups in total. The normalized spacial score (nSPS) is 13.0. The summed E-state index contributed by atoms with van der Waals surface area (Å²) in [5.41, 5.74) is -0.252. The van der Waals surface area contributed by atoms with Crippen LogP contribution < -0.4 is 5.56 Å². The van der Waals surface area contributed by atoms with E-state index in [9.17, 15) is 19.7 Å². The summed E-state index contributed by atoms with van der Waals surface area (Å²) in [5.74, 6) is -0.626. The van der Waals surface area contributed by atoms with Gasteiger partial charge in [0.05, 0.1) is 17.6 Å². The molecule has 9 heteroatoms. The molecule has 2 aromatic rings. The Bertz CT molecular complexity index is 921. The average Bonchev–Trinajstić information content (AvgIpc) is 2.63. The van der Waals surface area contributed by atoms with E-state index in [1.54, 1.807) is 6.92 Å². The molecule has 0 spiro atoms. The number of aromatic nitrogens is 1. The quantitative estimate of drug-likeness (QED) is 0.349. The van der Waals surface area contributed by atoms with Crippen LogP contribution in [0.4, 0.5) is 5.69 Å². The molecule has 158 valence electrons. The van der Waals surface area contributed by atoms with Gasteiger partial charge in [0.1, 0.15) is 6.54 Å². The first-order valence-electron chi connectivity index (χ1n) is 9.06. The van der Waals surface area contributed by atoms with Gasteiger partial charge in [-0.05, 0) is 37.3 Å². The van der Waals surface area contributed by atoms with Crippen molar-refractivity contribution >= 4 is 22.0 Å². The molecule has 2 rings (SSSR count). The maximum absolute atomic E-state index is 12.7. The smallest absolute Gasteiger partial charge is 0.337 e. The van der Waals surface area contributed by atoms with E-state index in [-0.39, 0.29) is 25.1 Å². The Hall–Kier alpha value is -2.65. The summed E-state index contributed by atoms with van der Waals surface area (Å²) in [6, 6.07) is 10.9. The third-order valence-corrected chi connectivity index (χ3v) is 4.80. The summed E-state index contributed by atoms with van der Waals surface area (Å²) < 4.78 is 12.0. The van der Waals surface area contributed by atoms with Gasteiger partial charge in [0.2, 0.25) is 0 Å². The monoisotopic (exact) mass is 422 g/mol. The summed E-state index contributed by atoms with van der Waals surface area (Å²) in [7, 11) is -1.38. The summed E-state index contributed by atoms with van der Waals surface area (Å²) in [5, 5.41) is 11.6. The molecule has 29 heavy (non-hydrogen) atoms. The summed E-state index contributed by atoms with van der Waals surface area (Å²) in [6.07, 6.45) is 7.05. The molecule has 0 saturated carbocycles. The number of esters is 1. The Labute approximate surface area is 171 Å². The highest BCUT2D eigenvalue weighted by Gasteiger charge is 2.27. The number of carbonyl (C=O) groups is 1. The average molecular weight is 423 g/mol. The predicted molar refractivity (Wildman–Crippen MR) is 113 cm³/mol. The fourth-order valence-electron chi connectivity index (χ4n) is 2.85. The third kappa shape index (κ3) is 6.43. The largest absolute Gasteiger partial charge is 0.465 e. The zero-order valence-corrected chi connectivity index (χ0v) is 17.8. The summed E-state index contributed by atoms with van der Waals surface area (Å²) in [6.45, 7) is 1.44. The van der Waals surface area contributed by atoms with Crippen molar-refractivity contribution in [1.82, 2.24) is 4.57 Å². The van der Waals surface area contributed by atoms with Gasteiger partial charge in [0.25, 0.3) is 0 Å². The van der Waals surface area contributed by atoms with Crippen LogP contribution in [0, 0.1) is 10.1 Å². The van der Waals surface area contributed by atoms with Crippen LogP contribution in [0.1, 0.15) is 24.2 Å². The van der Waals surface area contributed by atoms with Gasteiger partial charge < -0.3 is 8.92 Å². The highest BCUT2D eigenvalue weighted by molar-refractivity contribution is 8.28. The maximum atomic E-state index is 12.7. The van der Waals surface area contributed by atoms with Crippen LogP contribution in [0.3, 0.4) is 0 Å². The predicted octanol–water partition coefficient (Wildman–Crippen LogP) is 3.23. The fraction of sp³-hybridized carbons (Fsp3) is 0.400.